The molecule has 0 aliphatic carbocycles. The highest BCUT2D eigenvalue weighted by Crippen LogP contribution is 2.23. The predicted molar refractivity (Wildman–Crippen MR) is 104 cm³/mol. The van der Waals surface area contributed by atoms with Gasteiger partial charge in [-0.3, -0.25) is 4.79 Å². The zero-order valence-electron chi connectivity index (χ0n) is 16.1. The first-order valence-corrected chi connectivity index (χ1v) is 9.49. The van der Waals surface area contributed by atoms with Crippen molar-refractivity contribution >= 4 is 17.3 Å². The highest BCUT2D eigenvalue weighted by Gasteiger charge is 2.26. The minimum absolute atomic E-state index is 0.384. The van der Waals surface area contributed by atoms with Gasteiger partial charge in [0, 0.05) is 50.6 Å². The maximum atomic E-state index is 13.9. The Morgan fingerprint density at radius 1 is 0.893 bits per heavy atom. The molecule has 2 aromatic rings. The van der Waals surface area contributed by atoms with Gasteiger partial charge in [-0.15, -0.1) is 0 Å². The maximum absolute atomic E-state index is 13.9. The molecule has 1 heterocycles. The second kappa shape index (κ2) is 8.54. The third-order valence-corrected chi connectivity index (χ3v) is 5.18. The first-order valence-electron chi connectivity index (χ1n) is 9.49. The van der Waals surface area contributed by atoms with E-state index < -0.39 is 28.9 Å². The van der Waals surface area contributed by atoms with Crippen molar-refractivity contribution in [2.75, 3.05) is 49.1 Å². The summed E-state index contributed by atoms with van der Waals surface area (Å²) in [5, 5.41) is 0. The SMILES string of the molecule is CCN(CC)c1ccc(N2CCN(C(=O)c3ccc(F)c(F)c3F)CC2)cc1. The van der Waals surface area contributed by atoms with Crippen molar-refractivity contribution in [2.45, 2.75) is 13.8 Å². The van der Waals surface area contributed by atoms with Gasteiger partial charge in [0.25, 0.3) is 5.91 Å². The largest absolute Gasteiger partial charge is 0.372 e. The lowest BCUT2D eigenvalue weighted by Crippen LogP contribution is -2.49. The number of hydrogen-bond donors (Lipinski definition) is 0. The molecule has 4 nitrogen and oxygen atoms in total. The average Bonchev–Trinajstić information content (AvgIpc) is 2.73. The van der Waals surface area contributed by atoms with E-state index in [4.69, 9.17) is 0 Å². The van der Waals surface area contributed by atoms with E-state index >= 15 is 0 Å². The summed E-state index contributed by atoms with van der Waals surface area (Å²) in [5.74, 6) is -4.96. The Morgan fingerprint density at radius 3 is 2.07 bits per heavy atom. The Balaban J connectivity index is 1.64. The van der Waals surface area contributed by atoms with E-state index in [1.54, 1.807) is 0 Å². The second-order valence-corrected chi connectivity index (χ2v) is 6.69. The Bertz CT molecular complexity index is 830. The molecule has 7 heteroatoms. The van der Waals surface area contributed by atoms with Gasteiger partial charge in [0.05, 0.1) is 5.56 Å². The lowest BCUT2D eigenvalue weighted by molar-refractivity contribution is 0.0740. The summed E-state index contributed by atoms with van der Waals surface area (Å²) in [6.07, 6.45) is 0. The highest BCUT2D eigenvalue weighted by molar-refractivity contribution is 5.94. The number of carbonyl (C=O) groups is 1. The molecule has 0 radical (unpaired) electrons. The van der Waals surface area contributed by atoms with Gasteiger partial charge in [0.1, 0.15) is 0 Å². The first-order chi connectivity index (χ1) is 13.5. The Hall–Kier alpha value is -2.70. The van der Waals surface area contributed by atoms with Crippen LogP contribution >= 0.6 is 0 Å². The van der Waals surface area contributed by atoms with Crippen molar-refractivity contribution in [3.63, 3.8) is 0 Å². The molecule has 1 fully saturated rings. The van der Waals surface area contributed by atoms with Gasteiger partial charge < -0.3 is 14.7 Å². The average molecular weight is 391 g/mol. The van der Waals surface area contributed by atoms with Crippen LogP contribution in [0, 0.1) is 17.5 Å². The van der Waals surface area contributed by atoms with Crippen molar-refractivity contribution in [3.8, 4) is 0 Å². The fraction of sp³-hybridized carbons (Fsp3) is 0.381. The molecule has 1 aliphatic rings. The monoisotopic (exact) mass is 391 g/mol. The van der Waals surface area contributed by atoms with Crippen LogP contribution < -0.4 is 9.80 Å². The second-order valence-electron chi connectivity index (χ2n) is 6.69. The van der Waals surface area contributed by atoms with Crippen LogP contribution in [0.25, 0.3) is 0 Å². The third kappa shape index (κ3) is 3.93. The van der Waals surface area contributed by atoms with Gasteiger partial charge in [-0.1, -0.05) is 0 Å². The summed E-state index contributed by atoms with van der Waals surface area (Å²) >= 11 is 0. The fourth-order valence-corrected chi connectivity index (χ4v) is 3.49. The normalized spacial score (nSPS) is 14.3. The maximum Gasteiger partial charge on any atom is 0.257 e. The van der Waals surface area contributed by atoms with Gasteiger partial charge in [-0.25, -0.2) is 13.2 Å². The highest BCUT2D eigenvalue weighted by atomic mass is 19.2. The molecule has 0 atom stereocenters. The van der Waals surface area contributed by atoms with Crippen LogP contribution in [-0.4, -0.2) is 50.1 Å². The van der Waals surface area contributed by atoms with Crippen molar-refractivity contribution < 1.29 is 18.0 Å². The van der Waals surface area contributed by atoms with E-state index in [-0.39, 0.29) is 0 Å². The van der Waals surface area contributed by atoms with Crippen LogP contribution in [0.3, 0.4) is 0 Å². The van der Waals surface area contributed by atoms with Crippen LogP contribution in [-0.2, 0) is 0 Å². The lowest BCUT2D eigenvalue weighted by atomic mass is 10.1. The first kappa shape index (κ1) is 20.0. The molecule has 3 rings (SSSR count). The molecular formula is C21H24F3N3O. The molecule has 2 aromatic carbocycles. The summed E-state index contributed by atoms with van der Waals surface area (Å²) in [7, 11) is 0. The van der Waals surface area contributed by atoms with E-state index in [1.165, 1.54) is 4.90 Å². The Morgan fingerprint density at radius 2 is 1.50 bits per heavy atom. The zero-order valence-corrected chi connectivity index (χ0v) is 16.1. The molecule has 28 heavy (non-hydrogen) atoms. The van der Waals surface area contributed by atoms with Gasteiger partial charge >= 0.3 is 0 Å². The van der Waals surface area contributed by atoms with E-state index in [0.717, 1.165) is 36.6 Å². The van der Waals surface area contributed by atoms with E-state index in [0.29, 0.717) is 26.2 Å². The number of rotatable bonds is 5. The van der Waals surface area contributed by atoms with Gasteiger partial charge in [-0.2, -0.15) is 0 Å². The molecular weight excluding hydrogens is 367 g/mol. The van der Waals surface area contributed by atoms with Crippen molar-refractivity contribution in [1.29, 1.82) is 0 Å². The molecule has 150 valence electrons. The number of carbonyl (C=O) groups excluding carboxylic acids is 1. The molecule has 1 saturated heterocycles. The smallest absolute Gasteiger partial charge is 0.257 e. The van der Waals surface area contributed by atoms with E-state index in [9.17, 15) is 18.0 Å². The lowest BCUT2D eigenvalue weighted by Gasteiger charge is -2.36. The predicted octanol–water partition coefficient (Wildman–Crippen LogP) is 3.91. The summed E-state index contributed by atoms with van der Waals surface area (Å²) in [5.41, 5.74) is 1.79. The van der Waals surface area contributed by atoms with Crippen LogP contribution in [0.15, 0.2) is 36.4 Å². The number of hydrogen-bond acceptors (Lipinski definition) is 3. The van der Waals surface area contributed by atoms with Crippen LogP contribution in [0.2, 0.25) is 0 Å². The number of anilines is 2. The Kier molecular flexibility index (Phi) is 6.11. The molecule has 0 unspecified atom stereocenters. The molecule has 0 N–H and O–H groups in total. The quantitative estimate of drug-likeness (QED) is 0.723. The number of amides is 1. The third-order valence-electron chi connectivity index (χ3n) is 5.18. The Labute approximate surface area is 163 Å². The van der Waals surface area contributed by atoms with Crippen molar-refractivity contribution in [1.82, 2.24) is 4.90 Å². The minimum Gasteiger partial charge on any atom is -0.372 e. The van der Waals surface area contributed by atoms with Crippen molar-refractivity contribution in [3.05, 3.63) is 59.4 Å². The molecule has 0 bridgehead atoms. The summed E-state index contributed by atoms with van der Waals surface area (Å²) < 4.78 is 40.4. The van der Waals surface area contributed by atoms with Gasteiger partial charge in [0.2, 0.25) is 0 Å². The molecule has 0 aromatic heterocycles. The van der Waals surface area contributed by atoms with E-state index in [2.05, 4.69) is 47.9 Å². The molecule has 1 amide bonds. The molecule has 0 saturated carbocycles. The summed E-state index contributed by atoms with van der Waals surface area (Å²) in [6.45, 7) is 8.05. The number of halogens is 3. The number of benzene rings is 2. The fourth-order valence-electron chi connectivity index (χ4n) is 3.49. The van der Waals surface area contributed by atoms with Gasteiger partial charge in [0.15, 0.2) is 17.5 Å². The number of piperazine rings is 1. The van der Waals surface area contributed by atoms with Crippen LogP contribution in [0.4, 0.5) is 24.5 Å². The minimum atomic E-state index is -1.61. The topological polar surface area (TPSA) is 26.8 Å². The standard InChI is InChI=1S/C21H24F3N3O/c1-3-25(4-2)15-5-7-16(8-6-15)26-11-13-27(14-12-26)21(28)17-9-10-18(22)20(24)19(17)23/h5-10H,3-4,11-14H2,1-2H3. The molecule has 0 spiro atoms. The molecule has 1 aliphatic heterocycles. The summed E-state index contributed by atoms with van der Waals surface area (Å²) in [6, 6.07) is 10.0. The zero-order chi connectivity index (χ0) is 20.3. The van der Waals surface area contributed by atoms with Crippen molar-refractivity contribution in [2.24, 2.45) is 0 Å². The van der Waals surface area contributed by atoms with Crippen LogP contribution in [0.1, 0.15) is 24.2 Å². The van der Waals surface area contributed by atoms with Crippen LogP contribution in [0.5, 0.6) is 0 Å². The van der Waals surface area contributed by atoms with E-state index in [1.807, 2.05) is 0 Å². The number of nitrogens with zero attached hydrogens (tertiary/aromatic N) is 3. The van der Waals surface area contributed by atoms with Gasteiger partial charge in [-0.05, 0) is 50.2 Å². The summed E-state index contributed by atoms with van der Waals surface area (Å²) in [4.78, 5) is 18.4.